The van der Waals surface area contributed by atoms with Gasteiger partial charge >= 0.3 is 6.18 Å². The Morgan fingerprint density at radius 2 is 1.73 bits per heavy atom. The van der Waals surface area contributed by atoms with E-state index in [1.807, 2.05) is 0 Å². The van der Waals surface area contributed by atoms with Crippen molar-refractivity contribution in [2.24, 2.45) is 0 Å². The molecule has 1 heterocycles. The van der Waals surface area contributed by atoms with Crippen LogP contribution in [0, 0.1) is 0 Å². The van der Waals surface area contributed by atoms with Gasteiger partial charge in [-0.05, 0) is 37.9 Å². The summed E-state index contributed by atoms with van der Waals surface area (Å²) in [5, 5.41) is 0. The molecule has 1 aromatic rings. The van der Waals surface area contributed by atoms with Gasteiger partial charge in [-0.25, -0.2) is 13.8 Å². The molecule has 0 atom stereocenters. The van der Waals surface area contributed by atoms with Gasteiger partial charge < -0.3 is 0 Å². The number of halogens is 7. The summed E-state index contributed by atoms with van der Waals surface area (Å²) >= 11 is 5.52. The molecule has 1 nitrogen and oxygen atoms in total. The number of rotatable bonds is 1. The molecule has 0 amide bonds. The third kappa shape index (κ3) is 2.87. The average Bonchev–Trinajstić information content (AvgIpc) is 2.06. The molecule has 0 aromatic carbocycles. The second-order valence-electron chi connectivity index (χ2n) is 2.50. The first-order chi connectivity index (χ1) is 6.73. The molecule has 0 saturated heterocycles. The van der Waals surface area contributed by atoms with E-state index in [0.717, 1.165) is 0 Å². The molecular weight excluding hydrogens is 353 g/mol. The van der Waals surface area contributed by atoms with E-state index in [-0.39, 0.29) is 9.08 Å². The van der Waals surface area contributed by atoms with Gasteiger partial charge in [0.25, 0.3) is 6.43 Å². The van der Waals surface area contributed by atoms with Crippen molar-refractivity contribution >= 4 is 31.9 Å². The average molecular weight is 355 g/mol. The molecule has 0 spiro atoms. The highest BCUT2D eigenvalue weighted by Crippen LogP contribution is 2.38. The molecule has 0 saturated carbocycles. The Kier molecular flexibility index (Phi) is 3.70. The van der Waals surface area contributed by atoms with Crippen molar-refractivity contribution in [1.82, 2.24) is 4.98 Å². The molecule has 0 aliphatic carbocycles. The van der Waals surface area contributed by atoms with Crippen LogP contribution in [0.2, 0.25) is 0 Å². The van der Waals surface area contributed by atoms with Crippen LogP contribution in [0.3, 0.4) is 0 Å². The van der Waals surface area contributed by atoms with Crippen LogP contribution in [-0.2, 0) is 6.18 Å². The molecule has 0 bridgehead atoms. The molecule has 8 heteroatoms. The number of nitrogens with zero attached hydrogens (tertiary/aromatic N) is 1. The fourth-order valence-corrected chi connectivity index (χ4v) is 1.50. The smallest absolute Gasteiger partial charge is 0.235 e. The predicted octanol–water partition coefficient (Wildman–Crippen LogP) is 4.56. The van der Waals surface area contributed by atoms with Crippen molar-refractivity contribution in [3.63, 3.8) is 0 Å². The zero-order chi connectivity index (χ0) is 11.8. The Morgan fingerprint density at radius 1 is 1.20 bits per heavy atom. The summed E-state index contributed by atoms with van der Waals surface area (Å²) in [4.78, 5) is 3.03. The van der Waals surface area contributed by atoms with Gasteiger partial charge in [-0.3, -0.25) is 0 Å². The Hall–Kier alpha value is -0.240. The number of alkyl halides is 5. The Labute approximate surface area is 97.9 Å². The first kappa shape index (κ1) is 12.8. The Balaban J connectivity index is 3.42. The zero-order valence-electron chi connectivity index (χ0n) is 6.75. The van der Waals surface area contributed by atoms with Crippen molar-refractivity contribution in [3.8, 4) is 0 Å². The SMILES string of the molecule is FC(F)c1cc(Br)c(Br)nc1C(F)(F)F. The van der Waals surface area contributed by atoms with Gasteiger partial charge in [-0.1, -0.05) is 0 Å². The van der Waals surface area contributed by atoms with Crippen molar-refractivity contribution < 1.29 is 22.0 Å². The van der Waals surface area contributed by atoms with Crippen LogP contribution in [-0.4, -0.2) is 4.98 Å². The van der Waals surface area contributed by atoms with E-state index in [9.17, 15) is 22.0 Å². The van der Waals surface area contributed by atoms with Gasteiger partial charge in [-0.15, -0.1) is 0 Å². The maximum Gasteiger partial charge on any atom is 0.433 e. The molecule has 1 aromatic heterocycles. The van der Waals surface area contributed by atoms with E-state index in [1.165, 1.54) is 0 Å². The molecule has 0 aliphatic rings. The van der Waals surface area contributed by atoms with Crippen molar-refractivity contribution in [2.45, 2.75) is 12.6 Å². The first-order valence-electron chi connectivity index (χ1n) is 3.44. The highest BCUT2D eigenvalue weighted by atomic mass is 79.9. The fourth-order valence-electron chi connectivity index (χ4n) is 0.874. The van der Waals surface area contributed by atoms with Gasteiger partial charge in [0, 0.05) is 5.56 Å². The molecule has 0 N–H and O–H groups in total. The lowest BCUT2D eigenvalue weighted by Gasteiger charge is -2.12. The second kappa shape index (κ2) is 4.32. The molecule has 1 rings (SSSR count). The molecule has 0 aliphatic heterocycles. The van der Waals surface area contributed by atoms with Crippen LogP contribution >= 0.6 is 31.9 Å². The third-order valence-electron chi connectivity index (χ3n) is 1.47. The first-order valence-corrected chi connectivity index (χ1v) is 5.03. The van der Waals surface area contributed by atoms with Crippen LogP contribution in [0.5, 0.6) is 0 Å². The quantitative estimate of drug-likeness (QED) is 0.532. The largest absolute Gasteiger partial charge is 0.433 e. The van der Waals surface area contributed by atoms with Crippen LogP contribution < -0.4 is 0 Å². The number of pyridine rings is 1. The topological polar surface area (TPSA) is 12.9 Å². The summed E-state index contributed by atoms with van der Waals surface area (Å²) in [6, 6.07) is 0.699. The van der Waals surface area contributed by atoms with E-state index in [0.29, 0.717) is 6.07 Å². The minimum absolute atomic E-state index is 0.0470. The van der Waals surface area contributed by atoms with E-state index in [1.54, 1.807) is 0 Å². The maximum atomic E-state index is 12.3. The van der Waals surface area contributed by atoms with Crippen molar-refractivity contribution in [1.29, 1.82) is 0 Å². The predicted molar refractivity (Wildman–Crippen MR) is 49.6 cm³/mol. The van der Waals surface area contributed by atoms with Crippen molar-refractivity contribution in [3.05, 3.63) is 26.4 Å². The minimum atomic E-state index is -4.89. The molecule has 0 radical (unpaired) electrons. The summed E-state index contributed by atoms with van der Waals surface area (Å²) < 4.78 is 61.3. The highest BCUT2D eigenvalue weighted by molar-refractivity contribution is 9.13. The zero-order valence-corrected chi connectivity index (χ0v) is 9.92. The Morgan fingerprint density at radius 3 is 2.13 bits per heavy atom. The normalized spacial score (nSPS) is 12.3. The highest BCUT2D eigenvalue weighted by Gasteiger charge is 2.38. The van der Waals surface area contributed by atoms with Crippen molar-refractivity contribution in [2.75, 3.05) is 0 Å². The lowest BCUT2D eigenvalue weighted by atomic mass is 10.2. The Bertz CT molecular complexity index is 376. The van der Waals surface area contributed by atoms with Gasteiger partial charge in [0.05, 0.1) is 4.47 Å². The van der Waals surface area contributed by atoms with E-state index < -0.39 is 23.9 Å². The third-order valence-corrected chi connectivity index (χ3v) is 3.21. The fraction of sp³-hybridized carbons (Fsp3) is 0.286. The lowest BCUT2D eigenvalue weighted by Crippen LogP contribution is -2.12. The second-order valence-corrected chi connectivity index (χ2v) is 4.10. The van der Waals surface area contributed by atoms with Gasteiger partial charge in [0.2, 0.25) is 0 Å². The summed E-state index contributed by atoms with van der Waals surface area (Å²) in [6.07, 6.45) is -8.12. The van der Waals surface area contributed by atoms with E-state index >= 15 is 0 Å². The summed E-state index contributed by atoms with van der Waals surface area (Å²) in [7, 11) is 0. The minimum Gasteiger partial charge on any atom is -0.235 e. The molecule has 15 heavy (non-hydrogen) atoms. The summed E-state index contributed by atoms with van der Waals surface area (Å²) in [5.41, 5.74) is -2.72. The van der Waals surface area contributed by atoms with Gasteiger partial charge in [0.15, 0.2) is 5.69 Å². The van der Waals surface area contributed by atoms with Gasteiger partial charge in [0.1, 0.15) is 4.60 Å². The van der Waals surface area contributed by atoms with Gasteiger partial charge in [-0.2, -0.15) is 13.2 Å². The standard InChI is InChI=1S/C7H2Br2F5N/c8-3-1-2(6(10)11)4(7(12,13)14)15-5(3)9/h1,6H. The van der Waals surface area contributed by atoms with E-state index in [2.05, 4.69) is 36.8 Å². The molecular formula is C7H2Br2F5N. The number of hydrogen-bond donors (Lipinski definition) is 0. The number of aromatic nitrogens is 1. The monoisotopic (exact) mass is 353 g/mol. The van der Waals surface area contributed by atoms with Crippen LogP contribution in [0.4, 0.5) is 22.0 Å². The van der Waals surface area contributed by atoms with Crippen LogP contribution in [0.1, 0.15) is 17.7 Å². The molecule has 0 unspecified atom stereocenters. The lowest BCUT2D eigenvalue weighted by molar-refractivity contribution is -0.143. The van der Waals surface area contributed by atoms with E-state index in [4.69, 9.17) is 0 Å². The number of hydrogen-bond acceptors (Lipinski definition) is 1. The van der Waals surface area contributed by atoms with Crippen LogP contribution in [0.25, 0.3) is 0 Å². The summed E-state index contributed by atoms with van der Waals surface area (Å²) in [5.74, 6) is 0. The molecule has 84 valence electrons. The summed E-state index contributed by atoms with van der Waals surface area (Å²) in [6.45, 7) is 0. The maximum absolute atomic E-state index is 12.3. The van der Waals surface area contributed by atoms with Crippen LogP contribution in [0.15, 0.2) is 15.1 Å². The molecule has 0 fully saturated rings.